The molecule has 1 aromatic heterocycles. The second-order valence-electron chi connectivity index (χ2n) is 10.6. The SMILES string of the molecule is C=C1/C=C\C=C/CN(c2nc(-c3ccccc3)nc(-c3ccccc3)n2)c2c1cc(-c1ccccc1)cc2-c1ccccc1. The number of fused-ring (bicyclic) bond motifs is 1. The highest BCUT2D eigenvalue weighted by atomic mass is 15.3. The predicted octanol–water partition coefficient (Wildman–Crippen LogP) is 9.82. The van der Waals surface area contributed by atoms with Crippen molar-refractivity contribution in [2.75, 3.05) is 11.4 Å². The lowest BCUT2D eigenvalue weighted by Crippen LogP contribution is -2.23. The van der Waals surface area contributed by atoms with Crippen LogP contribution in [-0.4, -0.2) is 21.5 Å². The number of rotatable bonds is 5. The highest BCUT2D eigenvalue weighted by Gasteiger charge is 2.25. The van der Waals surface area contributed by atoms with Gasteiger partial charge in [0.1, 0.15) is 0 Å². The van der Waals surface area contributed by atoms with Gasteiger partial charge in [0.15, 0.2) is 11.6 Å². The fraction of sp³-hybridized carbons (Fsp3) is 0.0250. The Morgan fingerprint density at radius 3 is 1.57 bits per heavy atom. The summed E-state index contributed by atoms with van der Waals surface area (Å²) in [6.45, 7) is 5.08. The van der Waals surface area contributed by atoms with E-state index in [2.05, 4.69) is 90.4 Å². The molecule has 1 aliphatic heterocycles. The van der Waals surface area contributed by atoms with Crippen molar-refractivity contribution in [3.8, 4) is 45.0 Å². The maximum absolute atomic E-state index is 5.11. The molecule has 0 atom stereocenters. The minimum atomic E-state index is 0.557. The first-order valence-electron chi connectivity index (χ1n) is 14.7. The molecule has 7 rings (SSSR count). The van der Waals surface area contributed by atoms with Crippen molar-refractivity contribution in [1.29, 1.82) is 0 Å². The Hall–Kier alpha value is -5.87. The lowest BCUT2D eigenvalue weighted by atomic mass is 9.90. The van der Waals surface area contributed by atoms with Crippen LogP contribution < -0.4 is 4.90 Å². The molecule has 4 nitrogen and oxygen atoms in total. The van der Waals surface area contributed by atoms with E-state index < -0.39 is 0 Å². The quantitative estimate of drug-likeness (QED) is 0.208. The molecule has 0 saturated heterocycles. The zero-order chi connectivity index (χ0) is 29.7. The van der Waals surface area contributed by atoms with Gasteiger partial charge in [-0.1, -0.05) is 152 Å². The second-order valence-corrected chi connectivity index (χ2v) is 10.6. The van der Waals surface area contributed by atoms with Crippen LogP contribution in [0.4, 0.5) is 11.6 Å². The minimum Gasteiger partial charge on any atom is -0.305 e. The topological polar surface area (TPSA) is 41.9 Å². The summed E-state index contributed by atoms with van der Waals surface area (Å²) < 4.78 is 0. The molecule has 2 heterocycles. The van der Waals surface area contributed by atoms with Gasteiger partial charge < -0.3 is 4.90 Å². The Kier molecular flexibility index (Phi) is 7.46. The first-order valence-corrected chi connectivity index (χ1v) is 14.7. The van der Waals surface area contributed by atoms with E-state index in [1.807, 2.05) is 78.9 Å². The lowest BCUT2D eigenvalue weighted by molar-refractivity contribution is 0.960. The van der Waals surface area contributed by atoms with E-state index in [1.165, 1.54) is 0 Å². The van der Waals surface area contributed by atoms with Gasteiger partial charge >= 0.3 is 0 Å². The summed E-state index contributed by atoms with van der Waals surface area (Å²) in [5.41, 5.74) is 9.25. The normalized spacial score (nSPS) is 14.2. The number of benzene rings is 5. The van der Waals surface area contributed by atoms with E-state index in [0.29, 0.717) is 24.1 Å². The molecule has 0 amide bonds. The molecule has 1 aliphatic rings. The summed E-state index contributed by atoms with van der Waals surface area (Å²) in [5.74, 6) is 1.82. The zero-order valence-corrected chi connectivity index (χ0v) is 24.2. The Balaban J connectivity index is 1.52. The van der Waals surface area contributed by atoms with Crippen LogP contribution in [0.2, 0.25) is 0 Å². The van der Waals surface area contributed by atoms with Gasteiger partial charge in [0.25, 0.3) is 0 Å². The van der Waals surface area contributed by atoms with Crippen molar-refractivity contribution in [3.63, 3.8) is 0 Å². The van der Waals surface area contributed by atoms with Crippen molar-refractivity contribution in [2.24, 2.45) is 0 Å². The van der Waals surface area contributed by atoms with Gasteiger partial charge in [0.05, 0.1) is 5.69 Å². The molecule has 44 heavy (non-hydrogen) atoms. The van der Waals surface area contributed by atoms with Crippen LogP contribution in [0.1, 0.15) is 5.56 Å². The smallest absolute Gasteiger partial charge is 0.234 e. The van der Waals surface area contributed by atoms with Crippen molar-refractivity contribution < 1.29 is 0 Å². The summed E-state index contributed by atoms with van der Waals surface area (Å²) in [6.07, 6.45) is 8.31. The number of allylic oxidation sites excluding steroid dienone is 4. The molecule has 5 aromatic carbocycles. The number of anilines is 2. The summed E-state index contributed by atoms with van der Waals surface area (Å²) in [6, 6.07) is 45.7. The molecule has 0 bridgehead atoms. The van der Waals surface area contributed by atoms with Crippen molar-refractivity contribution in [1.82, 2.24) is 15.0 Å². The van der Waals surface area contributed by atoms with Gasteiger partial charge in [0, 0.05) is 28.8 Å². The first kappa shape index (κ1) is 27.0. The van der Waals surface area contributed by atoms with Crippen LogP contribution in [0.3, 0.4) is 0 Å². The zero-order valence-electron chi connectivity index (χ0n) is 24.2. The Morgan fingerprint density at radius 2 is 1.00 bits per heavy atom. The lowest BCUT2D eigenvalue weighted by Gasteiger charge is -2.28. The summed E-state index contributed by atoms with van der Waals surface area (Å²) in [7, 11) is 0. The maximum Gasteiger partial charge on any atom is 0.234 e. The molecular weight excluding hydrogens is 536 g/mol. The Bertz CT molecular complexity index is 1920. The molecule has 0 aliphatic carbocycles. The molecular formula is C40H30N4. The van der Waals surface area contributed by atoms with Gasteiger partial charge in [0.2, 0.25) is 5.95 Å². The Morgan fingerprint density at radius 1 is 0.500 bits per heavy atom. The Labute approximate surface area is 258 Å². The largest absolute Gasteiger partial charge is 0.305 e. The monoisotopic (exact) mass is 566 g/mol. The molecule has 0 saturated carbocycles. The molecule has 0 spiro atoms. The van der Waals surface area contributed by atoms with Gasteiger partial charge in [-0.15, -0.1) is 0 Å². The predicted molar refractivity (Wildman–Crippen MR) is 182 cm³/mol. The van der Waals surface area contributed by atoms with Crippen molar-refractivity contribution >= 4 is 17.2 Å². The van der Waals surface area contributed by atoms with Gasteiger partial charge in [-0.2, -0.15) is 9.97 Å². The van der Waals surface area contributed by atoms with Gasteiger partial charge in [-0.05, 0) is 34.4 Å². The van der Waals surface area contributed by atoms with Crippen LogP contribution >= 0.6 is 0 Å². The fourth-order valence-corrected chi connectivity index (χ4v) is 5.50. The van der Waals surface area contributed by atoms with E-state index in [9.17, 15) is 0 Å². The second kappa shape index (κ2) is 12.2. The third-order valence-corrected chi connectivity index (χ3v) is 7.68. The van der Waals surface area contributed by atoms with E-state index in [4.69, 9.17) is 15.0 Å². The average Bonchev–Trinajstić information content (AvgIpc) is 3.18. The molecule has 0 fully saturated rings. The number of aromatic nitrogens is 3. The molecule has 6 aromatic rings. The molecule has 0 radical (unpaired) electrons. The average molecular weight is 567 g/mol. The third-order valence-electron chi connectivity index (χ3n) is 7.68. The molecule has 0 N–H and O–H groups in total. The van der Waals surface area contributed by atoms with Crippen LogP contribution in [0.25, 0.3) is 50.6 Å². The standard InChI is InChI=1S/C40H30N4/c1-29-17-7-6-16-26-44(40-42-38(32-22-12-4-13-23-32)41-39(43-40)33-24-14-5-15-25-33)37-35(29)27-34(30-18-8-2-9-19-30)28-36(37)31-20-10-3-11-21-31/h2-25,27-28H,1,26H2/b16-6-,17-7-. The van der Waals surface area contributed by atoms with E-state index >= 15 is 0 Å². The van der Waals surface area contributed by atoms with Crippen LogP contribution in [-0.2, 0) is 0 Å². The van der Waals surface area contributed by atoms with Crippen LogP contribution in [0.15, 0.2) is 164 Å². The van der Waals surface area contributed by atoms with E-state index in [0.717, 1.165) is 50.2 Å². The van der Waals surface area contributed by atoms with Gasteiger partial charge in [-0.25, -0.2) is 4.98 Å². The molecule has 0 unspecified atom stereocenters. The fourth-order valence-electron chi connectivity index (χ4n) is 5.50. The first-order chi connectivity index (χ1) is 21.7. The van der Waals surface area contributed by atoms with Crippen LogP contribution in [0.5, 0.6) is 0 Å². The summed E-state index contributed by atoms with van der Waals surface area (Å²) >= 11 is 0. The van der Waals surface area contributed by atoms with Crippen molar-refractivity contribution in [3.05, 3.63) is 170 Å². The maximum atomic E-state index is 5.11. The minimum absolute atomic E-state index is 0.557. The number of hydrogen-bond donors (Lipinski definition) is 0. The van der Waals surface area contributed by atoms with Crippen molar-refractivity contribution in [2.45, 2.75) is 0 Å². The summed E-state index contributed by atoms with van der Waals surface area (Å²) in [5, 5.41) is 0. The molecule has 4 heteroatoms. The highest BCUT2D eigenvalue weighted by molar-refractivity contribution is 5.96. The van der Waals surface area contributed by atoms with Gasteiger partial charge in [-0.3, -0.25) is 0 Å². The van der Waals surface area contributed by atoms with E-state index in [-0.39, 0.29) is 0 Å². The number of nitrogens with zero attached hydrogens (tertiary/aromatic N) is 4. The highest BCUT2D eigenvalue weighted by Crippen LogP contribution is 2.44. The molecule has 210 valence electrons. The third kappa shape index (κ3) is 5.49. The van der Waals surface area contributed by atoms with Crippen LogP contribution in [0, 0.1) is 0 Å². The number of hydrogen-bond acceptors (Lipinski definition) is 4. The van der Waals surface area contributed by atoms with E-state index in [1.54, 1.807) is 0 Å². The summed E-state index contributed by atoms with van der Waals surface area (Å²) in [4.78, 5) is 17.4.